The lowest BCUT2D eigenvalue weighted by atomic mass is 10.1. The Morgan fingerprint density at radius 2 is 1.74 bits per heavy atom. The van der Waals surface area contributed by atoms with Gasteiger partial charge in [0.05, 0.1) is 24.6 Å². The summed E-state index contributed by atoms with van der Waals surface area (Å²) in [6.45, 7) is 5.17. The molecule has 0 unspecified atom stereocenters. The summed E-state index contributed by atoms with van der Waals surface area (Å²) in [6, 6.07) is 15.2. The van der Waals surface area contributed by atoms with E-state index in [2.05, 4.69) is 15.5 Å². The highest BCUT2D eigenvalue weighted by atomic mass is 16.5. The first kappa shape index (κ1) is 18.9. The van der Waals surface area contributed by atoms with Crippen LogP contribution in [0.1, 0.15) is 22.3 Å². The van der Waals surface area contributed by atoms with Crippen LogP contribution in [0.25, 0.3) is 0 Å². The van der Waals surface area contributed by atoms with Crippen molar-refractivity contribution in [2.24, 2.45) is 0 Å². The molecule has 2 amide bonds. The topological polar surface area (TPSA) is 70.7 Å². The zero-order chi connectivity index (χ0) is 19.1. The van der Waals surface area contributed by atoms with Crippen molar-refractivity contribution in [3.8, 4) is 0 Å². The van der Waals surface area contributed by atoms with Crippen molar-refractivity contribution < 1.29 is 14.3 Å². The molecule has 2 N–H and O–H groups in total. The number of para-hydroxylation sites is 2. The van der Waals surface area contributed by atoms with Crippen molar-refractivity contribution in [3.63, 3.8) is 0 Å². The number of morpholine rings is 1. The van der Waals surface area contributed by atoms with Crippen molar-refractivity contribution in [2.75, 3.05) is 43.1 Å². The number of benzene rings is 2. The van der Waals surface area contributed by atoms with Gasteiger partial charge in [0.15, 0.2) is 0 Å². The fourth-order valence-electron chi connectivity index (χ4n) is 3.08. The molecule has 0 aliphatic carbocycles. The lowest BCUT2D eigenvalue weighted by Gasteiger charge is -2.30. The summed E-state index contributed by atoms with van der Waals surface area (Å²) in [7, 11) is 0. The number of hydrogen-bond acceptors (Lipinski definition) is 4. The molecule has 2 aromatic carbocycles. The first-order chi connectivity index (χ1) is 13.1. The normalized spacial score (nSPS) is 13.9. The van der Waals surface area contributed by atoms with Crippen LogP contribution in [-0.2, 0) is 9.53 Å². The van der Waals surface area contributed by atoms with Gasteiger partial charge in [-0.05, 0) is 30.7 Å². The Labute approximate surface area is 159 Å². The summed E-state index contributed by atoms with van der Waals surface area (Å²) >= 11 is 0. The van der Waals surface area contributed by atoms with E-state index in [0.717, 1.165) is 30.0 Å². The molecule has 3 rings (SSSR count). The monoisotopic (exact) mass is 367 g/mol. The maximum absolute atomic E-state index is 12.3. The molecule has 0 saturated carbocycles. The molecule has 0 bridgehead atoms. The molecule has 0 aromatic heterocycles. The van der Waals surface area contributed by atoms with E-state index in [9.17, 15) is 9.59 Å². The van der Waals surface area contributed by atoms with Gasteiger partial charge in [0.2, 0.25) is 5.91 Å². The minimum Gasteiger partial charge on any atom is -0.378 e. The fraction of sp³-hybridized carbons (Fsp3) is 0.333. The second-order valence-electron chi connectivity index (χ2n) is 6.49. The van der Waals surface area contributed by atoms with Crippen LogP contribution < -0.4 is 15.5 Å². The minimum absolute atomic E-state index is 0.124. The number of nitrogens with one attached hydrogen (secondary N) is 2. The molecule has 27 heavy (non-hydrogen) atoms. The zero-order valence-corrected chi connectivity index (χ0v) is 15.5. The predicted octanol–water partition coefficient (Wildman–Crippen LogP) is 2.59. The third-order valence-corrected chi connectivity index (χ3v) is 4.56. The van der Waals surface area contributed by atoms with E-state index < -0.39 is 0 Å². The number of anilines is 2. The Morgan fingerprint density at radius 3 is 2.52 bits per heavy atom. The number of carbonyl (C=O) groups excluding carboxylic acids is 2. The second kappa shape index (κ2) is 9.19. The molecule has 1 aliphatic heterocycles. The van der Waals surface area contributed by atoms with E-state index in [1.54, 1.807) is 6.07 Å². The van der Waals surface area contributed by atoms with Gasteiger partial charge >= 0.3 is 0 Å². The standard InChI is InChI=1S/C21H25N3O3/c1-16-6-2-3-7-17(16)21(26)22-11-10-20(25)23-18-8-4-5-9-19(18)24-12-14-27-15-13-24/h2-9H,10-15H2,1H3,(H,22,26)(H,23,25). The maximum atomic E-state index is 12.3. The average molecular weight is 367 g/mol. The molecule has 1 aliphatic rings. The first-order valence-corrected chi connectivity index (χ1v) is 9.20. The summed E-state index contributed by atoms with van der Waals surface area (Å²) in [6.07, 6.45) is 0.217. The molecular weight excluding hydrogens is 342 g/mol. The van der Waals surface area contributed by atoms with Crippen molar-refractivity contribution in [1.29, 1.82) is 0 Å². The van der Waals surface area contributed by atoms with Crippen molar-refractivity contribution in [1.82, 2.24) is 5.32 Å². The van der Waals surface area contributed by atoms with Crippen LogP contribution in [0, 0.1) is 6.92 Å². The van der Waals surface area contributed by atoms with Crippen LogP contribution in [0.2, 0.25) is 0 Å². The van der Waals surface area contributed by atoms with Crippen LogP contribution >= 0.6 is 0 Å². The highest BCUT2D eigenvalue weighted by Gasteiger charge is 2.16. The maximum Gasteiger partial charge on any atom is 0.251 e. The number of rotatable bonds is 6. The Kier molecular flexibility index (Phi) is 6.44. The first-order valence-electron chi connectivity index (χ1n) is 9.20. The molecule has 1 fully saturated rings. The molecular formula is C21H25N3O3. The number of ether oxygens (including phenoxy) is 1. The van der Waals surface area contributed by atoms with Crippen LogP contribution in [0.5, 0.6) is 0 Å². The van der Waals surface area contributed by atoms with Gasteiger partial charge in [0.1, 0.15) is 0 Å². The van der Waals surface area contributed by atoms with Gasteiger partial charge in [-0.25, -0.2) is 0 Å². The Balaban J connectivity index is 1.53. The zero-order valence-electron chi connectivity index (χ0n) is 15.5. The largest absolute Gasteiger partial charge is 0.378 e. The SMILES string of the molecule is Cc1ccccc1C(=O)NCCC(=O)Nc1ccccc1N1CCOCC1. The van der Waals surface area contributed by atoms with Crippen LogP contribution in [0.15, 0.2) is 48.5 Å². The molecule has 1 heterocycles. The number of amides is 2. The number of aryl methyl sites for hydroxylation is 1. The molecule has 2 aromatic rings. The molecule has 0 atom stereocenters. The van der Waals surface area contributed by atoms with E-state index in [0.29, 0.717) is 25.3 Å². The second-order valence-corrected chi connectivity index (χ2v) is 6.49. The van der Waals surface area contributed by atoms with Gasteiger partial charge in [-0.1, -0.05) is 30.3 Å². The summed E-state index contributed by atoms with van der Waals surface area (Å²) in [5, 5.41) is 5.77. The van der Waals surface area contributed by atoms with Gasteiger partial charge < -0.3 is 20.3 Å². The molecule has 142 valence electrons. The quantitative estimate of drug-likeness (QED) is 0.823. The third kappa shape index (κ3) is 5.08. The summed E-state index contributed by atoms with van der Waals surface area (Å²) in [5.41, 5.74) is 3.34. The lowest BCUT2D eigenvalue weighted by Crippen LogP contribution is -2.36. The number of carbonyl (C=O) groups is 2. The minimum atomic E-state index is -0.158. The van der Waals surface area contributed by atoms with Crippen molar-refractivity contribution in [2.45, 2.75) is 13.3 Å². The highest BCUT2D eigenvalue weighted by Crippen LogP contribution is 2.26. The van der Waals surface area contributed by atoms with Gasteiger partial charge in [-0.3, -0.25) is 9.59 Å². The number of hydrogen-bond donors (Lipinski definition) is 2. The van der Waals surface area contributed by atoms with Crippen molar-refractivity contribution in [3.05, 3.63) is 59.7 Å². The molecule has 6 nitrogen and oxygen atoms in total. The van der Waals surface area contributed by atoms with Crippen LogP contribution in [0.4, 0.5) is 11.4 Å². The van der Waals surface area contributed by atoms with Gasteiger partial charge in [0.25, 0.3) is 5.91 Å². The van der Waals surface area contributed by atoms with Crippen LogP contribution in [0.3, 0.4) is 0 Å². The summed E-state index contributed by atoms with van der Waals surface area (Å²) < 4.78 is 5.39. The van der Waals surface area contributed by atoms with E-state index in [1.807, 2.05) is 49.4 Å². The van der Waals surface area contributed by atoms with E-state index >= 15 is 0 Å². The highest BCUT2D eigenvalue weighted by molar-refractivity contribution is 5.97. The number of nitrogens with zero attached hydrogens (tertiary/aromatic N) is 1. The fourth-order valence-corrected chi connectivity index (χ4v) is 3.08. The molecule has 0 spiro atoms. The van der Waals surface area contributed by atoms with Gasteiger partial charge in [0, 0.05) is 31.6 Å². The predicted molar refractivity (Wildman–Crippen MR) is 106 cm³/mol. The molecule has 1 saturated heterocycles. The van der Waals surface area contributed by atoms with E-state index in [-0.39, 0.29) is 18.2 Å². The molecule has 6 heteroatoms. The summed E-state index contributed by atoms with van der Waals surface area (Å²) in [4.78, 5) is 26.7. The Bertz CT molecular complexity index is 801. The molecule has 0 radical (unpaired) electrons. The Hall–Kier alpha value is -2.86. The average Bonchev–Trinajstić information content (AvgIpc) is 2.69. The van der Waals surface area contributed by atoms with E-state index in [4.69, 9.17) is 4.74 Å². The smallest absolute Gasteiger partial charge is 0.251 e. The Morgan fingerprint density at radius 1 is 1.04 bits per heavy atom. The summed E-state index contributed by atoms with van der Waals surface area (Å²) in [5.74, 6) is -0.282. The van der Waals surface area contributed by atoms with E-state index in [1.165, 1.54) is 0 Å². The van der Waals surface area contributed by atoms with Crippen molar-refractivity contribution >= 4 is 23.2 Å². The lowest BCUT2D eigenvalue weighted by molar-refractivity contribution is -0.116. The van der Waals surface area contributed by atoms with Gasteiger partial charge in [-0.15, -0.1) is 0 Å². The van der Waals surface area contributed by atoms with Crippen LogP contribution in [-0.4, -0.2) is 44.7 Å². The third-order valence-electron chi connectivity index (χ3n) is 4.56. The van der Waals surface area contributed by atoms with Gasteiger partial charge in [-0.2, -0.15) is 0 Å².